The predicted molar refractivity (Wildman–Crippen MR) is 172 cm³/mol. The molecule has 4 aromatic carbocycles. The molecule has 3 N–H and O–H groups in total. The quantitative estimate of drug-likeness (QED) is 0.113. The fourth-order valence-corrected chi connectivity index (χ4v) is 4.35. The number of nitrogens with one attached hydrogen (secondary N) is 3. The van der Waals surface area contributed by atoms with E-state index in [2.05, 4.69) is 21.2 Å². The summed E-state index contributed by atoms with van der Waals surface area (Å²) in [4.78, 5) is 38.4. The Morgan fingerprint density at radius 2 is 1.51 bits per heavy atom. The fraction of sp³-hybridized carbons (Fsp3) is 0.0882. The zero-order valence-electron chi connectivity index (χ0n) is 24.6. The Balaban J connectivity index is 1.27. The van der Waals surface area contributed by atoms with Crippen molar-refractivity contribution in [1.82, 2.24) is 15.2 Å². The Bertz CT molecular complexity index is 1820. The third kappa shape index (κ3) is 7.59. The second kappa shape index (κ2) is 14.3. The van der Waals surface area contributed by atoms with E-state index in [1.165, 1.54) is 12.3 Å². The number of carbonyl (C=O) groups is 3. The number of nitrogens with zero attached hydrogens (tertiary/aromatic N) is 3. The number of anilines is 2. The van der Waals surface area contributed by atoms with Gasteiger partial charge in [0, 0.05) is 23.0 Å². The highest BCUT2D eigenvalue weighted by molar-refractivity contribution is 6.40. The molecule has 0 aliphatic heterocycles. The van der Waals surface area contributed by atoms with Crippen LogP contribution in [0.5, 0.6) is 11.5 Å². The zero-order chi connectivity index (χ0) is 31.6. The molecule has 226 valence electrons. The maximum absolute atomic E-state index is 13.0. The van der Waals surface area contributed by atoms with Crippen LogP contribution in [0.2, 0.25) is 0 Å². The monoisotopic (exact) mass is 602 g/mol. The number of methoxy groups -OCH3 is 1. The molecule has 0 saturated heterocycles. The van der Waals surface area contributed by atoms with Gasteiger partial charge in [0.2, 0.25) is 0 Å². The Hall–Kier alpha value is -6.23. The summed E-state index contributed by atoms with van der Waals surface area (Å²) in [6, 6.07) is 30.2. The number of benzene rings is 4. The first-order valence-electron chi connectivity index (χ1n) is 14.0. The minimum Gasteiger partial charge on any atom is -0.497 e. The Kier molecular flexibility index (Phi) is 9.60. The van der Waals surface area contributed by atoms with Crippen LogP contribution >= 0.6 is 0 Å². The molecule has 0 atom stereocenters. The highest BCUT2D eigenvalue weighted by Crippen LogP contribution is 2.25. The zero-order valence-corrected chi connectivity index (χ0v) is 24.6. The van der Waals surface area contributed by atoms with Crippen LogP contribution in [0, 0.1) is 0 Å². The molecule has 0 unspecified atom stereocenters. The van der Waals surface area contributed by atoms with Gasteiger partial charge in [0.25, 0.3) is 5.91 Å². The van der Waals surface area contributed by atoms with E-state index in [-0.39, 0.29) is 11.3 Å². The van der Waals surface area contributed by atoms with Gasteiger partial charge in [0.1, 0.15) is 17.2 Å². The second-order valence-electron chi connectivity index (χ2n) is 9.55. The van der Waals surface area contributed by atoms with Crippen molar-refractivity contribution in [2.45, 2.75) is 6.92 Å². The molecule has 45 heavy (non-hydrogen) atoms. The molecule has 11 heteroatoms. The molecule has 0 bridgehead atoms. The molecule has 5 aromatic rings. The summed E-state index contributed by atoms with van der Waals surface area (Å²) in [6.07, 6.45) is 3.18. The van der Waals surface area contributed by atoms with Crippen LogP contribution in [-0.4, -0.2) is 47.4 Å². The number of para-hydroxylation sites is 2. The molecule has 1 heterocycles. The molecule has 0 saturated carbocycles. The number of hydrazone groups is 1. The van der Waals surface area contributed by atoms with Crippen molar-refractivity contribution in [3.05, 3.63) is 120 Å². The van der Waals surface area contributed by atoms with E-state index in [9.17, 15) is 14.4 Å². The summed E-state index contributed by atoms with van der Waals surface area (Å²) in [5.74, 6) is -1.10. The molecule has 11 nitrogen and oxygen atoms in total. The van der Waals surface area contributed by atoms with Crippen LogP contribution < -0.4 is 25.5 Å². The minimum atomic E-state index is -1.02. The van der Waals surface area contributed by atoms with Gasteiger partial charge in [0.05, 0.1) is 36.9 Å². The average molecular weight is 603 g/mol. The Morgan fingerprint density at radius 1 is 0.822 bits per heavy atom. The number of carbonyl (C=O) groups excluding carboxylic acids is 3. The fourth-order valence-electron chi connectivity index (χ4n) is 4.35. The van der Waals surface area contributed by atoms with Gasteiger partial charge in [-0.15, -0.1) is 0 Å². The van der Waals surface area contributed by atoms with Gasteiger partial charge in [-0.25, -0.2) is 10.1 Å². The van der Waals surface area contributed by atoms with E-state index in [1.807, 2.05) is 61.5 Å². The molecule has 0 aliphatic rings. The van der Waals surface area contributed by atoms with Crippen molar-refractivity contribution >= 4 is 35.3 Å². The summed E-state index contributed by atoms with van der Waals surface area (Å²) in [7, 11) is 1.59. The number of amides is 3. The lowest BCUT2D eigenvalue weighted by molar-refractivity contribution is -0.136. The third-order valence-corrected chi connectivity index (χ3v) is 6.55. The SMILES string of the molecule is CCOc1ccc(NC(=O)c2ccccc2NC(=O)C(=O)N/N=C\c2cn(-c3ccccc3)nc2-c2ccc(OC)cc2)cc1. The summed E-state index contributed by atoms with van der Waals surface area (Å²) < 4.78 is 12.4. The minimum absolute atomic E-state index is 0.163. The van der Waals surface area contributed by atoms with E-state index in [0.29, 0.717) is 35.1 Å². The molecule has 0 spiro atoms. The van der Waals surface area contributed by atoms with Gasteiger partial charge in [-0.05, 0) is 79.7 Å². The van der Waals surface area contributed by atoms with Crippen molar-refractivity contribution in [1.29, 1.82) is 0 Å². The van der Waals surface area contributed by atoms with Crippen LogP contribution in [0.1, 0.15) is 22.8 Å². The standard InChI is InChI=1S/C34H30N6O5/c1-3-45-28-19-15-25(16-20-28)36-32(41)29-11-7-8-12-30(29)37-33(42)34(43)38-35-21-24-22-40(26-9-5-4-6-10-26)39-31(24)23-13-17-27(44-2)18-14-23/h4-22H,3H2,1-2H3,(H,36,41)(H,37,42)(H,38,43)/b35-21-. The average Bonchev–Trinajstić information content (AvgIpc) is 3.50. The molecular weight excluding hydrogens is 572 g/mol. The maximum Gasteiger partial charge on any atom is 0.329 e. The van der Waals surface area contributed by atoms with E-state index in [0.717, 1.165) is 11.3 Å². The molecule has 0 aliphatic carbocycles. The van der Waals surface area contributed by atoms with Crippen LogP contribution in [0.3, 0.4) is 0 Å². The summed E-state index contributed by atoms with van der Waals surface area (Å²) in [5.41, 5.74) is 5.97. The first-order chi connectivity index (χ1) is 21.9. The van der Waals surface area contributed by atoms with Crippen LogP contribution in [0.25, 0.3) is 16.9 Å². The smallest absolute Gasteiger partial charge is 0.329 e. The second-order valence-corrected chi connectivity index (χ2v) is 9.55. The molecule has 5 rings (SSSR count). The van der Waals surface area contributed by atoms with Crippen LogP contribution in [-0.2, 0) is 9.59 Å². The topological polar surface area (TPSA) is 136 Å². The van der Waals surface area contributed by atoms with E-state index in [4.69, 9.17) is 14.6 Å². The van der Waals surface area contributed by atoms with Crippen molar-refractivity contribution in [3.8, 4) is 28.4 Å². The van der Waals surface area contributed by atoms with Crippen molar-refractivity contribution in [2.24, 2.45) is 5.10 Å². The number of hydrogen-bond donors (Lipinski definition) is 3. The third-order valence-electron chi connectivity index (χ3n) is 6.55. The van der Waals surface area contributed by atoms with Crippen molar-refractivity contribution in [2.75, 3.05) is 24.4 Å². The summed E-state index contributed by atoms with van der Waals surface area (Å²) in [6.45, 7) is 2.41. The highest BCUT2D eigenvalue weighted by Gasteiger charge is 2.18. The number of rotatable bonds is 10. The van der Waals surface area contributed by atoms with Gasteiger partial charge < -0.3 is 20.1 Å². The molecule has 0 radical (unpaired) electrons. The van der Waals surface area contributed by atoms with Gasteiger partial charge in [-0.3, -0.25) is 14.4 Å². The highest BCUT2D eigenvalue weighted by atomic mass is 16.5. The van der Waals surface area contributed by atoms with Gasteiger partial charge in [-0.2, -0.15) is 10.2 Å². The number of aromatic nitrogens is 2. The Labute approximate surface area is 259 Å². The first kappa shape index (κ1) is 30.2. The van der Waals surface area contributed by atoms with Gasteiger partial charge >= 0.3 is 11.8 Å². The van der Waals surface area contributed by atoms with Crippen molar-refractivity contribution < 1.29 is 23.9 Å². The summed E-state index contributed by atoms with van der Waals surface area (Å²) >= 11 is 0. The number of ether oxygens (including phenoxy) is 2. The normalized spacial score (nSPS) is 10.7. The summed E-state index contributed by atoms with van der Waals surface area (Å²) in [5, 5.41) is 14.0. The molecular formula is C34H30N6O5. The predicted octanol–water partition coefficient (Wildman–Crippen LogP) is 5.29. The van der Waals surface area contributed by atoms with E-state index >= 15 is 0 Å². The van der Waals surface area contributed by atoms with E-state index < -0.39 is 17.7 Å². The Morgan fingerprint density at radius 3 is 2.22 bits per heavy atom. The molecule has 1 aromatic heterocycles. The van der Waals surface area contributed by atoms with E-state index in [1.54, 1.807) is 60.5 Å². The largest absolute Gasteiger partial charge is 0.497 e. The molecule has 3 amide bonds. The van der Waals surface area contributed by atoms with Crippen LogP contribution in [0.4, 0.5) is 11.4 Å². The lowest BCUT2D eigenvalue weighted by Gasteiger charge is -2.11. The van der Waals surface area contributed by atoms with Crippen molar-refractivity contribution in [3.63, 3.8) is 0 Å². The van der Waals surface area contributed by atoms with Gasteiger partial charge in [0.15, 0.2) is 0 Å². The lowest BCUT2D eigenvalue weighted by Crippen LogP contribution is -2.33. The lowest BCUT2D eigenvalue weighted by atomic mass is 10.1. The van der Waals surface area contributed by atoms with Crippen LogP contribution in [0.15, 0.2) is 114 Å². The maximum atomic E-state index is 13.0. The first-order valence-corrected chi connectivity index (χ1v) is 14.0. The van der Waals surface area contributed by atoms with Gasteiger partial charge in [-0.1, -0.05) is 30.3 Å². The number of hydrogen-bond acceptors (Lipinski definition) is 7. The molecule has 0 fully saturated rings.